The van der Waals surface area contributed by atoms with Crippen LogP contribution in [0.1, 0.15) is 61.5 Å². The largest absolute Gasteiger partial charge is 0.310 e. The number of aromatic nitrogens is 2. The fourth-order valence-electron chi connectivity index (χ4n) is 2.52. The molecule has 0 spiro atoms. The highest BCUT2D eigenvalue weighted by Crippen LogP contribution is 2.41. The lowest BCUT2D eigenvalue weighted by Crippen LogP contribution is -2.17. The van der Waals surface area contributed by atoms with Crippen LogP contribution in [0.5, 0.6) is 0 Å². The summed E-state index contributed by atoms with van der Waals surface area (Å²) in [5, 5.41) is 3.59. The van der Waals surface area contributed by atoms with Gasteiger partial charge < -0.3 is 5.32 Å². The molecule has 1 aromatic heterocycles. The zero-order valence-electron chi connectivity index (χ0n) is 10.9. The number of nitrogens with one attached hydrogen (secondary N) is 1. The van der Waals surface area contributed by atoms with Crippen LogP contribution in [0.15, 0.2) is 6.20 Å². The predicted octanol–water partition coefficient (Wildman–Crippen LogP) is 2.56. The van der Waals surface area contributed by atoms with Gasteiger partial charge in [-0.2, -0.15) is 0 Å². The van der Waals surface area contributed by atoms with Gasteiger partial charge in [-0.3, -0.25) is 0 Å². The van der Waals surface area contributed by atoms with Crippen molar-refractivity contribution in [2.75, 3.05) is 0 Å². The van der Waals surface area contributed by atoms with Crippen molar-refractivity contribution in [1.82, 2.24) is 15.3 Å². The van der Waals surface area contributed by atoms with Crippen molar-refractivity contribution < 1.29 is 0 Å². The molecule has 3 saturated carbocycles. The molecule has 1 N–H and O–H groups in total. The molecule has 0 atom stereocenters. The fraction of sp³-hybridized carbons (Fsp3) is 0.733. The van der Waals surface area contributed by atoms with Crippen LogP contribution in [0.3, 0.4) is 0 Å². The van der Waals surface area contributed by atoms with Gasteiger partial charge in [-0.15, -0.1) is 0 Å². The summed E-state index contributed by atoms with van der Waals surface area (Å²) in [4.78, 5) is 9.44. The molecular formula is C15H21N3. The van der Waals surface area contributed by atoms with E-state index in [-0.39, 0.29) is 0 Å². The van der Waals surface area contributed by atoms with Gasteiger partial charge in [0.1, 0.15) is 5.82 Å². The Morgan fingerprint density at radius 3 is 2.61 bits per heavy atom. The minimum absolute atomic E-state index is 0.738. The summed E-state index contributed by atoms with van der Waals surface area (Å²) in [5.74, 6) is 2.71. The molecule has 0 unspecified atom stereocenters. The summed E-state index contributed by atoms with van der Waals surface area (Å²) < 4.78 is 0. The first-order valence-corrected chi connectivity index (χ1v) is 7.46. The molecule has 3 aliphatic rings. The van der Waals surface area contributed by atoms with Crippen molar-refractivity contribution in [2.45, 2.75) is 63.5 Å². The van der Waals surface area contributed by atoms with E-state index in [0.29, 0.717) is 0 Å². The molecule has 0 aliphatic heterocycles. The average Bonchev–Trinajstić information content (AvgIpc) is 3.25. The average molecular weight is 243 g/mol. The van der Waals surface area contributed by atoms with Crippen LogP contribution in [-0.4, -0.2) is 16.0 Å². The molecule has 0 aromatic carbocycles. The van der Waals surface area contributed by atoms with Crippen LogP contribution >= 0.6 is 0 Å². The number of rotatable bonds is 6. The molecule has 3 nitrogen and oxygen atoms in total. The topological polar surface area (TPSA) is 37.8 Å². The maximum atomic E-state index is 4.86. The van der Waals surface area contributed by atoms with E-state index in [1.807, 2.05) is 0 Å². The second-order valence-corrected chi connectivity index (χ2v) is 6.27. The van der Waals surface area contributed by atoms with Gasteiger partial charge in [0.2, 0.25) is 0 Å². The Labute approximate surface area is 108 Å². The van der Waals surface area contributed by atoms with Crippen molar-refractivity contribution >= 4 is 0 Å². The lowest BCUT2D eigenvalue weighted by atomic mass is 10.1. The van der Waals surface area contributed by atoms with Crippen LogP contribution in [0.2, 0.25) is 0 Å². The van der Waals surface area contributed by atoms with E-state index in [1.54, 1.807) is 0 Å². The Morgan fingerprint density at radius 1 is 1.11 bits per heavy atom. The third kappa shape index (κ3) is 2.56. The minimum atomic E-state index is 0.738. The third-order valence-corrected chi connectivity index (χ3v) is 4.24. The normalized spacial score (nSPS) is 23.3. The number of hydrogen-bond donors (Lipinski definition) is 1. The maximum Gasteiger partial charge on any atom is 0.128 e. The summed E-state index contributed by atoms with van der Waals surface area (Å²) in [6.07, 6.45) is 11.3. The highest BCUT2D eigenvalue weighted by atomic mass is 15.0. The van der Waals surface area contributed by atoms with Crippen molar-refractivity contribution in [3.05, 3.63) is 23.3 Å². The van der Waals surface area contributed by atoms with Crippen molar-refractivity contribution in [3.63, 3.8) is 0 Å². The van der Waals surface area contributed by atoms with E-state index < -0.39 is 0 Å². The summed E-state index contributed by atoms with van der Waals surface area (Å²) in [5.41, 5.74) is 2.71. The molecule has 0 saturated heterocycles. The Hall–Kier alpha value is -0.960. The second kappa shape index (κ2) is 4.30. The molecule has 1 aromatic rings. The van der Waals surface area contributed by atoms with Gasteiger partial charge in [0.15, 0.2) is 0 Å². The molecule has 3 aliphatic carbocycles. The van der Waals surface area contributed by atoms with Crippen molar-refractivity contribution in [2.24, 2.45) is 5.92 Å². The van der Waals surface area contributed by atoms with Gasteiger partial charge in [0.25, 0.3) is 0 Å². The Balaban J connectivity index is 1.51. The first-order chi connectivity index (χ1) is 8.88. The first-order valence-electron chi connectivity index (χ1n) is 7.46. The molecule has 0 amide bonds. The fourth-order valence-corrected chi connectivity index (χ4v) is 2.52. The number of hydrogen-bond acceptors (Lipinski definition) is 3. The van der Waals surface area contributed by atoms with Crippen LogP contribution in [0, 0.1) is 5.92 Å². The first kappa shape index (κ1) is 10.9. The van der Waals surface area contributed by atoms with E-state index in [1.165, 1.54) is 49.8 Å². The van der Waals surface area contributed by atoms with Crippen LogP contribution in [-0.2, 0) is 13.0 Å². The predicted molar refractivity (Wildman–Crippen MR) is 70.3 cm³/mol. The summed E-state index contributed by atoms with van der Waals surface area (Å²) in [6, 6.07) is 0.767. The smallest absolute Gasteiger partial charge is 0.128 e. The number of nitrogens with zero attached hydrogens (tertiary/aromatic N) is 2. The van der Waals surface area contributed by atoms with Gasteiger partial charge >= 0.3 is 0 Å². The van der Waals surface area contributed by atoms with Gasteiger partial charge in [-0.25, -0.2) is 9.97 Å². The van der Waals surface area contributed by atoms with E-state index >= 15 is 0 Å². The highest BCUT2D eigenvalue weighted by Gasteiger charge is 2.30. The molecule has 0 bridgehead atoms. The molecule has 1 heterocycles. The lowest BCUT2D eigenvalue weighted by Gasteiger charge is -2.10. The Kier molecular flexibility index (Phi) is 2.61. The monoisotopic (exact) mass is 243 g/mol. The van der Waals surface area contributed by atoms with E-state index in [0.717, 1.165) is 36.7 Å². The SMILES string of the molecule is c1nc(CC2CC2)nc(C2CC2)c1CNC1CC1. The summed E-state index contributed by atoms with van der Waals surface area (Å²) in [6.45, 7) is 0.972. The van der Waals surface area contributed by atoms with Crippen molar-refractivity contribution in [1.29, 1.82) is 0 Å². The second-order valence-electron chi connectivity index (χ2n) is 6.27. The summed E-state index contributed by atoms with van der Waals surface area (Å²) >= 11 is 0. The zero-order chi connectivity index (χ0) is 11.9. The van der Waals surface area contributed by atoms with Crippen molar-refractivity contribution in [3.8, 4) is 0 Å². The van der Waals surface area contributed by atoms with Gasteiger partial charge in [-0.1, -0.05) is 0 Å². The Morgan fingerprint density at radius 2 is 1.94 bits per heavy atom. The van der Waals surface area contributed by atoms with Gasteiger partial charge in [0.05, 0.1) is 5.69 Å². The van der Waals surface area contributed by atoms with Crippen LogP contribution in [0.25, 0.3) is 0 Å². The zero-order valence-corrected chi connectivity index (χ0v) is 10.9. The van der Waals surface area contributed by atoms with Gasteiger partial charge in [0, 0.05) is 36.7 Å². The Bertz CT molecular complexity index is 445. The lowest BCUT2D eigenvalue weighted by molar-refractivity contribution is 0.667. The quantitative estimate of drug-likeness (QED) is 0.834. The highest BCUT2D eigenvalue weighted by molar-refractivity contribution is 5.25. The molecule has 0 radical (unpaired) electrons. The molecular weight excluding hydrogens is 222 g/mol. The van der Waals surface area contributed by atoms with Crippen LogP contribution in [0.4, 0.5) is 0 Å². The maximum absolute atomic E-state index is 4.86. The molecule has 18 heavy (non-hydrogen) atoms. The third-order valence-electron chi connectivity index (χ3n) is 4.24. The van der Waals surface area contributed by atoms with E-state index in [2.05, 4.69) is 16.5 Å². The molecule has 3 heteroatoms. The minimum Gasteiger partial charge on any atom is -0.310 e. The van der Waals surface area contributed by atoms with E-state index in [4.69, 9.17) is 4.98 Å². The van der Waals surface area contributed by atoms with E-state index in [9.17, 15) is 0 Å². The molecule has 96 valence electrons. The summed E-state index contributed by atoms with van der Waals surface area (Å²) in [7, 11) is 0. The molecule has 3 fully saturated rings. The van der Waals surface area contributed by atoms with Crippen LogP contribution < -0.4 is 5.32 Å². The standard InChI is InChI=1S/C15H21N3/c1-2-10(1)7-14-17-9-12(8-16-13-5-6-13)15(18-14)11-3-4-11/h9-11,13,16H,1-8H2. The molecule has 4 rings (SSSR count). The van der Waals surface area contributed by atoms with Gasteiger partial charge in [-0.05, 0) is 44.4 Å².